The highest BCUT2D eigenvalue weighted by atomic mass is 35.5. The van der Waals surface area contributed by atoms with Gasteiger partial charge in [0.25, 0.3) is 0 Å². The zero-order chi connectivity index (χ0) is 17.4. The molecule has 0 amide bonds. The third-order valence-electron chi connectivity index (χ3n) is 5.17. The molecule has 0 unspecified atom stereocenters. The Hall–Kier alpha value is -0.670. The van der Waals surface area contributed by atoms with E-state index in [2.05, 4.69) is 18.8 Å². The van der Waals surface area contributed by atoms with Gasteiger partial charge in [-0.05, 0) is 54.9 Å². The number of aliphatic hydroxyl groups excluding tert-OH is 1. The number of nitrogens with zero attached hydrogens (tertiary/aromatic N) is 1. The van der Waals surface area contributed by atoms with Crippen molar-refractivity contribution in [1.29, 1.82) is 0 Å². The lowest BCUT2D eigenvalue weighted by Crippen LogP contribution is -2.32. The fourth-order valence-electron chi connectivity index (χ4n) is 3.76. The predicted molar refractivity (Wildman–Crippen MR) is 93.4 cm³/mol. The third-order valence-corrected chi connectivity index (χ3v) is 5.47. The smallest absolute Gasteiger partial charge is 0.218 e. The first-order valence-corrected chi connectivity index (χ1v) is 8.92. The average Bonchev–Trinajstić information content (AvgIpc) is 2.35. The Morgan fingerprint density at radius 2 is 1.74 bits per heavy atom. The lowest BCUT2D eigenvalue weighted by molar-refractivity contribution is 0.0652. The molecule has 0 bridgehead atoms. The van der Waals surface area contributed by atoms with Crippen LogP contribution in [0.3, 0.4) is 0 Å². The van der Waals surface area contributed by atoms with Gasteiger partial charge in [-0.3, -0.25) is 0 Å². The SMILES string of the molecule is CC(C)(C)c1c(Cl)cc(CC(C)(C)C2CCC(O)CC2)nc1F. The molecular formula is C19H29ClFNO. The van der Waals surface area contributed by atoms with Crippen molar-refractivity contribution in [2.45, 2.75) is 78.2 Å². The summed E-state index contributed by atoms with van der Waals surface area (Å²) in [5, 5.41) is 10.2. The van der Waals surface area contributed by atoms with E-state index < -0.39 is 5.95 Å². The second-order valence-corrected chi connectivity index (χ2v) is 9.09. The summed E-state index contributed by atoms with van der Waals surface area (Å²) in [4.78, 5) is 4.19. The molecule has 1 aromatic rings. The van der Waals surface area contributed by atoms with E-state index in [0.717, 1.165) is 31.4 Å². The fraction of sp³-hybridized carbons (Fsp3) is 0.737. The van der Waals surface area contributed by atoms with Gasteiger partial charge in [0.2, 0.25) is 5.95 Å². The molecule has 0 saturated heterocycles. The number of aliphatic hydroxyl groups is 1. The molecule has 4 heteroatoms. The van der Waals surface area contributed by atoms with Crippen molar-refractivity contribution >= 4 is 11.6 Å². The van der Waals surface area contributed by atoms with Gasteiger partial charge in [0.1, 0.15) is 0 Å². The van der Waals surface area contributed by atoms with E-state index in [4.69, 9.17) is 11.6 Å². The summed E-state index contributed by atoms with van der Waals surface area (Å²) < 4.78 is 14.4. The lowest BCUT2D eigenvalue weighted by Gasteiger charge is -2.38. The van der Waals surface area contributed by atoms with Crippen LogP contribution >= 0.6 is 11.6 Å². The zero-order valence-electron chi connectivity index (χ0n) is 14.9. The van der Waals surface area contributed by atoms with E-state index in [1.54, 1.807) is 0 Å². The predicted octanol–water partition coefficient (Wildman–Crippen LogP) is 5.29. The third kappa shape index (κ3) is 4.45. The first-order chi connectivity index (χ1) is 10.5. The molecule has 1 saturated carbocycles. The summed E-state index contributed by atoms with van der Waals surface area (Å²) in [6.07, 6.45) is 4.31. The van der Waals surface area contributed by atoms with Crippen LogP contribution in [0.15, 0.2) is 6.07 Å². The summed E-state index contributed by atoms with van der Waals surface area (Å²) in [6.45, 7) is 10.2. The maximum atomic E-state index is 14.4. The van der Waals surface area contributed by atoms with Gasteiger partial charge in [-0.2, -0.15) is 4.39 Å². The Morgan fingerprint density at radius 1 is 1.17 bits per heavy atom. The van der Waals surface area contributed by atoms with Crippen LogP contribution in [0.5, 0.6) is 0 Å². The van der Waals surface area contributed by atoms with E-state index in [0.29, 0.717) is 22.9 Å². The van der Waals surface area contributed by atoms with Crippen LogP contribution in [-0.4, -0.2) is 16.2 Å². The maximum absolute atomic E-state index is 14.4. The van der Waals surface area contributed by atoms with Crippen molar-refractivity contribution in [3.05, 3.63) is 28.3 Å². The van der Waals surface area contributed by atoms with E-state index >= 15 is 0 Å². The normalized spacial score (nSPS) is 23.1. The highest BCUT2D eigenvalue weighted by Gasteiger charge is 2.34. The minimum atomic E-state index is -0.449. The molecule has 23 heavy (non-hydrogen) atoms. The van der Waals surface area contributed by atoms with E-state index in [1.807, 2.05) is 26.8 Å². The van der Waals surface area contributed by atoms with Crippen molar-refractivity contribution in [2.75, 3.05) is 0 Å². The van der Waals surface area contributed by atoms with Gasteiger partial charge in [-0.15, -0.1) is 0 Å². The molecule has 0 aliphatic heterocycles. The summed E-state index contributed by atoms with van der Waals surface area (Å²) in [6, 6.07) is 1.82. The fourth-order valence-corrected chi connectivity index (χ4v) is 4.25. The van der Waals surface area contributed by atoms with Gasteiger partial charge in [-0.25, -0.2) is 4.98 Å². The Balaban J connectivity index is 2.20. The number of halogens is 2. The standard InChI is InChI=1S/C19H29ClFNO/c1-18(2,3)16-15(20)10-13(22-17(16)21)11-19(4,5)12-6-8-14(23)9-7-12/h10,12,14,23H,6-9,11H2,1-5H3. The van der Waals surface area contributed by atoms with Gasteiger partial charge in [0.15, 0.2) is 0 Å². The monoisotopic (exact) mass is 341 g/mol. The molecule has 130 valence electrons. The second-order valence-electron chi connectivity index (χ2n) is 8.68. The van der Waals surface area contributed by atoms with Crippen LogP contribution in [0.4, 0.5) is 4.39 Å². The largest absolute Gasteiger partial charge is 0.393 e. The van der Waals surface area contributed by atoms with E-state index in [9.17, 15) is 9.50 Å². The number of rotatable bonds is 3. The maximum Gasteiger partial charge on any atom is 0.218 e. The summed E-state index contributed by atoms with van der Waals surface area (Å²) in [5.74, 6) is 0.0756. The highest BCUT2D eigenvalue weighted by Crippen LogP contribution is 2.41. The Bertz CT molecular complexity index is 534. The molecule has 1 aromatic heterocycles. The highest BCUT2D eigenvalue weighted by molar-refractivity contribution is 6.31. The van der Waals surface area contributed by atoms with Crippen LogP contribution in [0.25, 0.3) is 0 Å². The van der Waals surface area contributed by atoms with Gasteiger partial charge in [0, 0.05) is 11.3 Å². The van der Waals surface area contributed by atoms with E-state index in [1.165, 1.54) is 0 Å². The lowest BCUT2D eigenvalue weighted by atomic mass is 9.68. The Morgan fingerprint density at radius 3 is 2.22 bits per heavy atom. The molecule has 0 aromatic carbocycles. The molecule has 1 N–H and O–H groups in total. The minimum absolute atomic E-state index is 0.0200. The van der Waals surface area contributed by atoms with Gasteiger partial charge in [0.05, 0.1) is 11.1 Å². The first kappa shape index (κ1) is 18.7. The molecule has 0 radical (unpaired) electrons. The van der Waals surface area contributed by atoms with Gasteiger partial charge in [-0.1, -0.05) is 46.2 Å². The minimum Gasteiger partial charge on any atom is -0.393 e. The number of hydrogen-bond acceptors (Lipinski definition) is 2. The topological polar surface area (TPSA) is 33.1 Å². The van der Waals surface area contributed by atoms with Crippen LogP contribution in [-0.2, 0) is 11.8 Å². The van der Waals surface area contributed by atoms with Crippen molar-refractivity contribution in [3.8, 4) is 0 Å². The Labute approximate surface area is 144 Å². The number of hydrogen-bond donors (Lipinski definition) is 1. The van der Waals surface area contributed by atoms with Crippen molar-refractivity contribution in [1.82, 2.24) is 4.98 Å². The number of aromatic nitrogens is 1. The molecule has 1 aliphatic rings. The van der Waals surface area contributed by atoms with Crippen molar-refractivity contribution < 1.29 is 9.50 Å². The molecule has 2 rings (SSSR count). The summed E-state index contributed by atoms with van der Waals surface area (Å²) in [5.41, 5.74) is 0.867. The van der Waals surface area contributed by atoms with Gasteiger partial charge < -0.3 is 5.11 Å². The van der Waals surface area contributed by atoms with Crippen LogP contribution in [0.2, 0.25) is 5.02 Å². The Kier molecular flexibility index (Phi) is 5.42. The summed E-state index contributed by atoms with van der Waals surface area (Å²) in [7, 11) is 0. The van der Waals surface area contributed by atoms with E-state index in [-0.39, 0.29) is 16.9 Å². The van der Waals surface area contributed by atoms with Crippen LogP contribution in [0, 0.1) is 17.3 Å². The molecule has 0 atom stereocenters. The molecule has 0 spiro atoms. The van der Waals surface area contributed by atoms with Crippen molar-refractivity contribution in [2.24, 2.45) is 11.3 Å². The second kappa shape index (κ2) is 6.68. The van der Waals surface area contributed by atoms with Crippen molar-refractivity contribution in [3.63, 3.8) is 0 Å². The molecule has 1 heterocycles. The first-order valence-electron chi connectivity index (χ1n) is 8.54. The molecule has 1 fully saturated rings. The molecule has 2 nitrogen and oxygen atoms in total. The number of pyridine rings is 1. The molecule has 1 aliphatic carbocycles. The summed E-state index contributed by atoms with van der Waals surface area (Å²) >= 11 is 6.34. The zero-order valence-corrected chi connectivity index (χ0v) is 15.7. The quantitative estimate of drug-likeness (QED) is 0.757. The van der Waals surface area contributed by atoms with Crippen LogP contribution < -0.4 is 0 Å². The van der Waals surface area contributed by atoms with Gasteiger partial charge >= 0.3 is 0 Å². The van der Waals surface area contributed by atoms with Crippen LogP contribution in [0.1, 0.15) is 71.6 Å². The molecular weight excluding hydrogens is 313 g/mol. The average molecular weight is 342 g/mol.